The second-order valence-electron chi connectivity index (χ2n) is 1.62. The molecule has 12 heavy (non-hydrogen) atoms. The lowest BCUT2D eigenvalue weighted by molar-refractivity contribution is 0.565. The normalized spacial score (nSPS) is 9.25. The minimum atomic E-state index is -0.126. The van der Waals surface area contributed by atoms with E-state index in [-0.39, 0.29) is 21.3 Å². The number of rotatable bonds is 1. The first-order valence-corrected chi connectivity index (χ1v) is 3.75. The van der Waals surface area contributed by atoms with E-state index in [0.717, 1.165) is 0 Å². The van der Waals surface area contributed by atoms with Gasteiger partial charge < -0.3 is 0 Å². The van der Waals surface area contributed by atoms with Gasteiger partial charge in [0.05, 0.1) is 0 Å². The number of nitrogens with zero attached hydrogens (tertiary/aromatic N) is 3. The lowest BCUT2D eigenvalue weighted by Crippen LogP contribution is -1.84. The Labute approximate surface area is 82.2 Å². The van der Waals surface area contributed by atoms with Gasteiger partial charge in [-0.15, -0.1) is 4.99 Å². The summed E-state index contributed by atoms with van der Waals surface area (Å²) >= 11 is 16.5. The predicted octanol–water partition coefficient (Wildman–Crippen LogP) is 2.40. The van der Waals surface area contributed by atoms with Crippen molar-refractivity contribution in [1.29, 1.82) is 0 Å². The van der Waals surface area contributed by atoms with Crippen LogP contribution in [0.2, 0.25) is 15.5 Å². The second-order valence-corrected chi connectivity index (χ2v) is 2.70. The maximum absolute atomic E-state index is 9.85. The zero-order valence-electron chi connectivity index (χ0n) is 5.38. The number of isocyanates is 1. The Morgan fingerprint density at radius 2 is 1.92 bits per heavy atom. The number of hydrogen-bond donors (Lipinski definition) is 0. The molecule has 1 aromatic rings. The van der Waals surface area contributed by atoms with Gasteiger partial charge in [-0.1, -0.05) is 23.2 Å². The molecule has 0 unspecified atom stereocenters. The van der Waals surface area contributed by atoms with Gasteiger partial charge in [-0.25, -0.2) is 9.78 Å². The highest BCUT2D eigenvalue weighted by Gasteiger charge is 2.08. The van der Waals surface area contributed by atoms with E-state index in [9.17, 15) is 4.79 Å². The first-order chi connectivity index (χ1) is 5.65. The van der Waals surface area contributed by atoms with Crippen LogP contribution in [-0.2, 0) is 4.79 Å². The van der Waals surface area contributed by atoms with E-state index in [1.165, 1.54) is 6.08 Å². The minimum Gasteiger partial charge on any atom is -0.211 e. The molecule has 0 bridgehead atoms. The van der Waals surface area contributed by atoms with Crippen molar-refractivity contribution in [2.24, 2.45) is 4.99 Å². The molecule has 0 aliphatic carbocycles. The zero-order valence-corrected chi connectivity index (χ0v) is 7.65. The summed E-state index contributed by atoms with van der Waals surface area (Å²) in [5, 5.41) is -0.200. The molecule has 0 amide bonds. The number of aliphatic imine (C=N–C) groups is 1. The zero-order chi connectivity index (χ0) is 9.14. The van der Waals surface area contributed by atoms with Gasteiger partial charge in [0.1, 0.15) is 5.02 Å². The Bertz CT molecular complexity index is 361. The van der Waals surface area contributed by atoms with E-state index in [2.05, 4.69) is 15.0 Å². The molecule has 1 heterocycles. The van der Waals surface area contributed by atoms with E-state index in [0.29, 0.717) is 0 Å². The topological polar surface area (TPSA) is 55.2 Å². The summed E-state index contributed by atoms with van der Waals surface area (Å²) in [4.78, 5) is 20.1. The highest BCUT2D eigenvalue weighted by molar-refractivity contribution is 6.43. The first kappa shape index (κ1) is 9.42. The summed E-state index contributed by atoms with van der Waals surface area (Å²) in [6, 6.07) is 0. The fourth-order valence-electron chi connectivity index (χ4n) is 0.501. The smallest absolute Gasteiger partial charge is 0.211 e. The van der Waals surface area contributed by atoms with Crippen molar-refractivity contribution in [3.63, 3.8) is 0 Å². The lowest BCUT2D eigenvalue weighted by atomic mass is 10.6. The van der Waals surface area contributed by atoms with Crippen molar-refractivity contribution in [3.05, 3.63) is 15.5 Å². The Morgan fingerprint density at radius 3 is 2.50 bits per heavy atom. The van der Waals surface area contributed by atoms with Gasteiger partial charge >= 0.3 is 0 Å². The van der Waals surface area contributed by atoms with Crippen molar-refractivity contribution in [2.75, 3.05) is 0 Å². The molecule has 0 aliphatic heterocycles. The average molecular weight is 224 g/mol. The summed E-state index contributed by atoms with van der Waals surface area (Å²) in [6.07, 6.45) is 1.26. The lowest BCUT2D eigenvalue weighted by Gasteiger charge is -1.96. The molecule has 0 atom stereocenters. The monoisotopic (exact) mass is 223 g/mol. The maximum atomic E-state index is 9.85. The van der Waals surface area contributed by atoms with E-state index < -0.39 is 0 Å². The molecule has 1 aromatic heterocycles. The fraction of sp³-hybridized carbons (Fsp3) is 0. The molecular formula is C5Cl3N3O. The van der Waals surface area contributed by atoms with Crippen LogP contribution in [0.15, 0.2) is 4.99 Å². The second kappa shape index (κ2) is 3.83. The highest BCUT2D eigenvalue weighted by atomic mass is 35.5. The van der Waals surface area contributed by atoms with Crippen molar-refractivity contribution >= 4 is 46.7 Å². The number of halogens is 3. The molecule has 4 nitrogen and oxygen atoms in total. The van der Waals surface area contributed by atoms with Gasteiger partial charge in [0.25, 0.3) is 0 Å². The van der Waals surface area contributed by atoms with E-state index >= 15 is 0 Å². The van der Waals surface area contributed by atoms with Crippen LogP contribution in [-0.4, -0.2) is 16.0 Å². The van der Waals surface area contributed by atoms with Crippen LogP contribution in [0.25, 0.3) is 0 Å². The average Bonchev–Trinajstić information content (AvgIpc) is 2.00. The van der Waals surface area contributed by atoms with E-state index in [1.807, 2.05) is 0 Å². The summed E-state index contributed by atoms with van der Waals surface area (Å²) in [6.45, 7) is 0. The number of aromatic nitrogens is 2. The minimum absolute atomic E-state index is 0.0237. The molecule has 0 spiro atoms. The number of carbonyl (C=O) groups excluding carboxylic acids is 1. The Hall–Kier alpha value is -0.670. The maximum Gasteiger partial charge on any atom is 0.242 e. The van der Waals surface area contributed by atoms with Crippen molar-refractivity contribution < 1.29 is 4.79 Å². The SMILES string of the molecule is O=C=Nc1nc(Cl)nc(Cl)c1Cl. The van der Waals surface area contributed by atoms with Crippen LogP contribution < -0.4 is 0 Å². The fourth-order valence-corrected chi connectivity index (χ4v) is 1.00. The van der Waals surface area contributed by atoms with Gasteiger partial charge in [-0.2, -0.15) is 4.98 Å². The molecule has 1 rings (SSSR count). The van der Waals surface area contributed by atoms with Crippen molar-refractivity contribution in [1.82, 2.24) is 9.97 Å². The summed E-state index contributed by atoms with van der Waals surface area (Å²) < 4.78 is 0. The van der Waals surface area contributed by atoms with Gasteiger partial charge in [0.2, 0.25) is 11.4 Å². The van der Waals surface area contributed by atoms with Crippen LogP contribution in [0.1, 0.15) is 0 Å². The van der Waals surface area contributed by atoms with Gasteiger partial charge in [-0.05, 0) is 11.6 Å². The molecule has 0 fully saturated rings. The summed E-state index contributed by atoms with van der Waals surface area (Å²) in [5.74, 6) is -0.0864. The Kier molecular flexibility index (Phi) is 3.00. The standard InChI is InChI=1S/C5Cl3N3O/c6-2-3(7)10-5(8)11-4(2)9-1-12. The van der Waals surface area contributed by atoms with Crippen molar-refractivity contribution in [2.45, 2.75) is 0 Å². The van der Waals surface area contributed by atoms with Crippen LogP contribution in [0, 0.1) is 0 Å². The molecule has 0 N–H and O–H groups in total. The third kappa shape index (κ3) is 1.93. The first-order valence-electron chi connectivity index (χ1n) is 2.61. The molecule has 0 saturated carbocycles. The van der Waals surface area contributed by atoms with Crippen LogP contribution in [0.3, 0.4) is 0 Å². The van der Waals surface area contributed by atoms with Crippen LogP contribution >= 0.6 is 34.8 Å². The number of hydrogen-bond acceptors (Lipinski definition) is 4. The molecular weight excluding hydrogens is 224 g/mol. The van der Waals surface area contributed by atoms with Gasteiger partial charge in [-0.3, -0.25) is 0 Å². The largest absolute Gasteiger partial charge is 0.242 e. The third-order valence-corrected chi connectivity index (χ3v) is 1.80. The Morgan fingerprint density at radius 1 is 1.25 bits per heavy atom. The predicted molar refractivity (Wildman–Crippen MR) is 44.8 cm³/mol. The molecule has 0 radical (unpaired) electrons. The molecule has 0 saturated heterocycles. The van der Waals surface area contributed by atoms with E-state index in [1.54, 1.807) is 0 Å². The van der Waals surface area contributed by atoms with Crippen molar-refractivity contribution in [3.8, 4) is 0 Å². The third-order valence-electron chi connectivity index (χ3n) is 0.918. The summed E-state index contributed by atoms with van der Waals surface area (Å²) in [7, 11) is 0. The Balaban J connectivity index is 3.36. The van der Waals surface area contributed by atoms with Gasteiger partial charge in [0, 0.05) is 0 Å². The van der Waals surface area contributed by atoms with Crippen LogP contribution in [0.5, 0.6) is 0 Å². The molecule has 0 aliphatic rings. The highest BCUT2D eigenvalue weighted by Crippen LogP contribution is 2.29. The molecule has 0 aromatic carbocycles. The van der Waals surface area contributed by atoms with Crippen LogP contribution in [0.4, 0.5) is 5.82 Å². The summed E-state index contributed by atoms with van der Waals surface area (Å²) in [5.41, 5.74) is 0. The van der Waals surface area contributed by atoms with Gasteiger partial charge in [0.15, 0.2) is 11.0 Å². The quantitative estimate of drug-likeness (QED) is 0.318. The van der Waals surface area contributed by atoms with E-state index in [4.69, 9.17) is 34.8 Å². The molecule has 7 heteroatoms. The molecule has 62 valence electrons.